The summed E-state index contributed by atoms with van der Waals surface area (Å²) in [6, 6.07) is 10.1. The molecule has 1 fully saturated rings. The minimum Gasteiger partial charge on any atom is -0.497 e. The number of ether oxygens (including phenoxy) is 1. The lowest BCUT2D eigenvalue weighted by molar-refractivity contribution is 0.401. The van der Waals surface area contributed by atoms with Gasteiger partial charge in [-0.2, -0.15) is 4.31 Å². The van der Waals surface area contributed by atoms with Crippen molar-refractivity contribution in [3.8, 4) is 5.75 Å². The fourth-order valence-electron chi connectivity index (χ4n) is 3.30. The van der Waals surface area contributed by atoms with Crippen LogP contribution in [0.3, 0.4) is 0 Å². The molecule has 7 heteroatoms. The second kappa shape index (κ2) is 7.72. The van der Waals surface area contributed by atoms with E-state index < -0.39 is 26.6 Å². The first-order valence-electron chi connectivity index (χ1n) is 8.51. The van der Waals surface area contributed by atoms with E-state index in [0.717, 1.165) is 36.3 Å². The Hall–Kier alpha value is -1.99. The molecule has 1 saturated heterocycles. The maximum absolute atomic E-state index is 14.0. The Kier molecular flexibility index (Phi) is 5.58. The first-order valence-corrected chi connectivity index (χ1v) is 9.95. The van der Waals surface area contributed by atoms with Gasteiger partial charge >= 0.3 is 0 Å². The molecular weight excluding hydrogens is 360 g/mol. The van der Waals surface area contributed by atoms with Crippen molar-refractivity contribution in [2.24, 2.45) is 0 Å². The summed E-state index contributed by atoms with van der Waals surface area (Å²) in [6.07, 6.45) is 2.44. The second-order valence-corrected chi connectivity index (χ2v) is 8.31. The molecule has 1 atom stereocenters. The zero-order chi connectivity index (χ0) is 18.7. The van der Waals surface area contributed by atoms with E-state index in [2.05, 4.69) is 0 Å². The predicted octanol–water partition coefficient (Wildman–Crippen LogP) is 3.93. The molecule has 0 spiro atoms. The van der Waals surface area contributed by atoms with Gasteiger partial charge in [-0.05, 0) is 48.6 Å². The molecule has 0 radical (unpaired) electrons. The number of halogens is 2. The molecule has 2 aromatic rings. The lowest BCUT2D eigenvalue weighted by Crippen LogP contribution is -2.34. The van der Waals surface area contributed by atoms with Crippen LogP contribution in [-0.4, -0.2) is 32.9 Å². The number of hydrogen-bond acceptors (Lipinski definition) is 3. The van der Waals surface area contributed by atoms with Crippen LogP contribution in [0.2, 0.25) is 0 Å². The smallest absolute Gasteiger partial charge is 0.246 e. The molecule has 26 heavy (non-hydrogen) atoms. The molecule has 1 heterocycles. The van der Waals surface area contributed by atoms with Crippen LogP contribution < -0.4 is 4.74 Å². The Morgan fingerprint density at radius 3 is 2.46 bits per heavy atom. The van der Waals surface area contributed by atoms with Crippen molar-refractivity contribution in [1.29, 1.82) is 0 Å². The molecule has 0 amide bonds. The molecule has 4 nitrogen and oxygen atoms in total. The Labute approximate surface area is 152 Å². The maximum atomic E-state index is 14.0. The Morgan fingerprint density at radius 2 is 1.81 bits per heavy atom. The van der Waals surface area contributed by atoms with Crippen LogP contribution in [0.5, 0.6) is 5.75 Å². The number of nitrogens with zero attached hydrogens (tertiary/aromatic N) is 1. The van der Waals surface area contributed by atoms with Gasteiger partial charge in [0, 0.05) is 19.2 Å². The molecule has 3 rings (SSSR count). The van der Waals surface area contributed by atoms with Crippen molar-refractivity contribution in [2.45, 2.75) is 30.1 Å². The van der Waals surface area contributed by atoms with Gasteiger partial charge in [0.15, 0.2) is 0 Å². The van der Waals surface area contributed by atoms with Crippen molar-refractivity contribution in [3.63, 3.8) is 0 Å². The molecule has 0 bridgehead atoms. The van der Waals surface area contributed by atoms with Gasteiger partial charge < -0.3 is 4.74 Å². The van der Waals surface area contributed by atoms with Gasteiger partial charge in [-0.3, -0.25) is 0 Å². The highest BCUT2D eigenvalue weighted by molar-refractivity contribution is 7.89. The van der Waals surface area contributed by atoms with Gasteiger partial charge in [0.2, 0.25) is 10.0 Å². The lowest BCUT2D eigenvalue weighted by atomic mass is 9.94. The van der Waals surface area contributed by atoms with E-state index in [1.165, 1.54) is 4.31 Å². The summed E-state index contributed by atoms with van der Waals surface area (Å²) >= 11 is 0. The molecule has 0 aromatic heterocycles. The third-order valence-corrected chi connectivity index (χ3v) is 6.63. The molecule has 0 saturated carbocycles. The molecule has 0 aliphatic carbocycles. The number of benzene rings is 2. The highest BCUT2D eigenvalue weighted by Crippen LogP contribution is 2.31. The van der Waals surface area contributed by atoms with Crippen LogP contribution in [0.4, 0.5) is 8.78 Å². The van der Waals surface area contributed by atoms with Crippen LogP contribution in [0, 0.1) is 11.6 Å². The summed E-state index contributed by atoms with van der Waals surface area (Å²) in [7, 11) is -2.43. The number of methoxy groups -OCH3 is 1. The van der Waals surface area contributed by atoms with E-state index in [0.29, 0.717) is 19.0 Å². The van der Waals surface area contributed by atoms with Gasteiger partial charge in [0.25, 0.3) is 0 Å². The van der Waals surface area contributed by atoms with E-state index in [4.69, 9.17) is 4.74 Å². The summed E-state index contributed by atoms with van der Waals surface area (Å²) in [4.78, 5) is -0.478. The fourth-order valence-corrected chi connectivity index (χ4v) is 4.87. The maximum Gasteiger partial charge on any atom is 0.246 e. The molecule has 1 unspecified atom stereocenters. The normalized spacial score (nSPS) is 19.1. The summed E-state index contributed by atoms with van der Waals surface area (Å²) in [5.74, 6) is -1.11. The summed E-state index contributed by atoms with van der Waals surface area (Å²) in [5.41, 5.74) is 1.02. The van der Waals surface area contributed by atoms with E-state index in [9.17, 15) is 17.2 Å². The molecule has 1 aliphatic heterocycles. The third kappa shape index (κ3) is 3.88. The molecular formula is C19H21F2NO3S. The number of sulfonamides is 1. The SMILES string of the molecule is COc1ccc(C2CCCCN(S(=O)(=O)c3ccc(F)cc3F)C2)cc1. The standard InChI is InChI=1S/C19H21F2NO3S/c1-25-17-8-5-14(6-9-17)15-4-2-3-11-22(13-15)26(23,24)19-10-7-16(20)12-18(19)21/h5-10,12,15H,2-4,11,13H2,1H3. The monoisotopic (exact) mass is 381 g/mol. The number of rotatable bonds is 4. The van der Waals surface area contributed by atoms with Crippen LogP contribution in [0.25, 0.3) is 0 Å². The van der Waals surface area contributed by atoms with Crippen LogP contribution in [0.15, 0.2) is 47.4 Å². The van der Waals surface area contributed by atoms with Gasteiger partial charge in [0.1, 0.15) is 22.3 Å². The highest BCUT2D eigenvalue weighted by atomic mass is 32.2. The summed E-state index contributed by atoms with van der Waals surface area (Å²) in [6.45, 7) is 0.595. The summed E-state index contributed by atoms with van der Waals surface area (Å²) < 4.78 is 59.4. The first-order chi connectivity index (χ1) is 12.4. The van der Waals surface area contributed by atoms with Gasteiger partial charge in [-0.25, -0.2) is 17.2 Å². The first kappa shape index (κ1) is 18.8. The van der Waals surface area contributed by atoms with E-state index in [-0.39, 0.29) is 12.5 Å². The van der Waals surface area contributed by atoms with Gasteiger partial charge in [0.05, 0.1) is 7.11 Å². The highest BCUT2D eigenvalue weighted by Gasteiger charge is 2.31. The molecule has 2 aromatic carbocycles. The van der Waals surface area contributed by atoms with Crippen molar-refractivity contribution in [1.82, 2.24) is 4.31 Å². The predicted molar refractivity (Wildman–Crippen MR) is 94.7 cm³/mol. The fraction of sp³-hybridized carbons (Fsp3) is 0.368. The quantitative estimate of drug-likeness (QED) is 0.806. The van der Waals surface area contributed by atoms with Crippen LogP contribution >= 0.6 is 0 Å². The summed E-state index contributed by atoms with van der Waals surface area (Å²) in [5, 5.41) is 0. The van der Waals surface area contributed by atoms with Gasteiger partial charge in [-0.15, -0.1) is 0 Å². The Bertz CT molecular complexity index is 869. The minimum absolute atomic E-state index is 0.0155. The Balaban J connectivity index is 1.88. The zero-order valence-corrected chi connectivity index (χ0v) is 15.3. The molecule has 140 valence electrons. The average Bonchev–Trinajstić information content (AvgIpc) is 2.88. The van der Waals surface area contributed by atoms with Crippen molar-refractivity contribution >= 4 is 10.0 Å². The van der Waals surface area contributed by atoms with Crippen LogP contribution in [0.1, 0.15) is 30.7 Å². The second-order valence-electron chi connectivity index (χ2n) is 6.40. The molecule has 1 aliphatic rings. The number of hydrogen-bond donors (Lipinski definition) is 0. The lowest BCUT2D eigenvalue weighted by Gasteiger charge is -2.24. The topological polar surface area (TPSA) is 46.6 Å². The van der Waals surface area contributed by atoms with E-state index in [1.54, 1.807) is 7.11 Å². The largest absolute Gasteiger partial charge is 0.497 e. The average molecular weight is 381 g/mol. The third-order valence-electron chi connectivity index (χ3n) is 4.73. The van der Waals surface area contributed by atoms with Crippen molar-refractivity contribution < 1.29 is 21.9 Å². The van der Waals surface area contributed by atoms with Crippen LogP contribution in [-0.2, 0) is 10.0 Å². The Morgan fingerprint density at radius 1 is 1.08 bits per heavy atom. The zero-order valence-electron chi connectivity index (χ0n) is 14.5. The van der Waals surface area contributed by atoms with Crippen molar-refractivity contribution in [3.05, 3.63) is 59.7 Å². The van der Waals surface area contributed by atoms with E-state index in [1.807, 2.05) is 24.3 Å². The minimum atomic E-state index is -4.02. The van der Waals surface area contributed by atoms with Gasteiger partial charge in [-0.1, -0.05) is 18.6 Å². The molecule has 0 N–H and O–H groups in total. The van der Waals surface area contributed by atoms with Crippen molar-refractivity contribution in [2.75, 3.05) is 20.2 Å². The van der Waals surface area contributed by atoms with E-state index >= 15 is 0 Å².